The van der Waals surface area contributed by atoms with Gasteiger partial charge in [0.05, 0.1) is 54.4 Å². The minimum absolute atomic E-state index is 0.0107. The number of anilines is 3. The third-order valence-electron chi connectivity index (χ3n) is 19.3. The van der Waals surface area contributed by atoms with E-state index < -0.39 is 141 Å². The van der Waals surface area contributed by atoms with Crippen molar-refractivity contribution in [3.63, 3.8) is 0 Å². The van der Waals surface area contributed by atoms with E-state index in [9.17, 15) is 68.7 Å². The standard InChI is InChI=1S/C73H89N9O21/c1-35(2)56(78-50(84)19-12-11-13-28-82-51(85)24-25-52(82)86)70(95)77-46(18-15-27-75-71(74)96)69(94)76-43-22-20-42(21-23-43)34-99-72(97)101-45-32-81(33-45)44-30-47(83)57-49(31-44)102-66-58(79-57)53-54-63(90)41(8)65-55(53)67(92)73(9,103-65)100-29-26-48(98-10)38(5)61(88)40(7)62(89)39(6)60(87)36(3)16-14-17-37(4)68(93)80-59(66)64(54)91/h14,16-17,20-26,29-31,35-36,38-40,45-46,48,56,60-62,87-90,92H,11-13,15,18-19,27-28,32-34H2,1-10H3,(H,76,94)(H,77,95)(H,78,84)(H,80,93)(H3,74,75,96)/b16-14+,29-26+,37-17-/t36-,38+,39+,40-,46-,48-,56-,60-,61+,62+,73-/m0/s1. The van der Waals surface area contributed by atoms with E-state index in [0.29, 0.717) is 36.2 Å². The topological polar surface area (TPSA) is 437 Å². The highest BCUT2D eigenvalue weighted by atomic mass is 16.7. The number of nitrogens with two attached hydrogens (primary N) is 1. The van der Waals surface area contributed by atoms with Crippen molar-refractivity contribution < 1.29 is 92.0 Å². The van der Waals surface area contributed by atoms with E-state index in [4.69, 9.17) is 38.8 Å². The number of benzene rings is 4. The van der Waals surface area contributed by atoms with Crippen molar-refractivity contribution in [2.24, 2.45) is 35.3 Å². The fourth-order valence-electron chi connectivity index (χ4n) is 12.8. The molecule has 4 aliphatic rings. The van der Waals surface area contributed by atoms with Crippen LogP contribution in [0.3, 0.4) is 0 Å². The van der Waals surface area contributed by atoms with Crippen LogP contribution in [0.15, 0.2) is 98.7 Å². The van der Waals surface area contributed by atoms with Gasteiger partial charge in [-0.15, -0.1) is 0 Å². The second kappa shape index (κ2) is 32.7. The van der Waals surface area contributed by atoms with Crippen molar-refractivity contribution in [2.75, 3.05) is 48.8 Å². The number of nitrogens with one attached hydrogen (secondary N) is 5. The number of aromatic nitrogens is 1. The molecule has 5 aromatic rings. The van der Waals surface area contributed by atoms with E-state index in [-0.39, 0.29) is 119 Å². The van der Waals surface area contributed by atoms with Crippen molar-refractivity contribution >= 4 is 103 Å². The van der Waals surface area contributed by atoms with Crippen LogP contribution in [0.25, 0.3) is 38.7 Å². The normalized spacial score (nSPS) is 24.2. The Balaban J connectivity index is 0.887. The van der Waals surface area contributed by atoms with Crippen LogP contribution in [-0.2, 0) is 54.3 Å². The third kappa shape index (κ3) is 17.2. The molecule has 0 saturated carbocycles. The summed E-state index contributed by atoms with van der Waals surface area (Å²) in [6.45, 7) is 14.7. The Bertz CT molecular complexity index is 4410. The molecule has 1 saturated heterocycles. The Morgan fingerprint density at radius 3 is 2.18 bits per heavy atom. The van der Waals surface area contributed by atoms with Gasteiger partial charge in [0.15, 0.2) is 22.4 Å². The number of allylic oxidation sites excluding steroid dienone is 2. The highest BCUT2D eigenvalue weighted by Crippen LogP contribution is 2.43. The lowest BCUT2D eigenvalue weighted by molar-refractivity contribution is -0.137. The zero-order valence-corrected chi connectivity index (χ0v) is 58.9. The summed E-state index contributed by atoms with van der Waals surface area (Å²) in [5, 5.41) is 71.1. The minimum atomic E-state index is -2.05. The molecule has 30 heteroatoms. The van der Waals surface area contributed by atoms with Gasteiger partial charge >= 0.3 is 18.0 Å². The summed E-state index contributed by atoms with van der Waals surface area (Å²) in [6, 6.07) is 6.08. The van der Waals surface area contributed by atoms with Gasteiger partial charge in [0.1, 0.15) is 47.5 Å². The predicted octanol–water partition coefficient (Wildman–Crippen LogP) is 5.03. The Morgan fingerprint density at radius 2 is 1.51 bits per heavy atom. The number of methoxy groups -OCH3 is 1. The molecule has 0 unspecified atom stereocenters. The number of unbranched alkanes of at least 4 members (excludes halogenated alkanes) is 2. The monoisotopic (exact) mass is 1430 g/mol. The number of carbonyl (C=O) groups excluding carboxylic acids is 8. The molecular weight excluding hydrogens is 1340 g/mol. The summed E-state index contributed by atoms with van der Waals surface area (Å²) in [6.07, 6.45) is 5.48. The number of carbonyl (C=O) groups is 8. The average Bonchev–Trinajstić information content (AvgIpc) is 1.65. The molecule has 9 rings (SSSR count). The molecule has 8 amide bonds. The number of hydrogen-bond acceptors (Lipinski definition) is 23. The molecule has 0 spiro atoms. The van der Waals surface area contributed by atoms with E-state index in [2.05, 4.69) is 26.6 Å². The molecule has 11 atom stereocenters. The fraction of sp³-hybridized carbons (Fsp3) is 0.466. The number of aliphatic hydroxyl groups is 4. The van der Waals surface area contributed by atoms with Crippen LogP contribution in [-0.4, -0.2) is 165 Å². The maximum atomic E-state index is 15.0. The van der Waals surface area contributed by atoms with E-state index in [1.165, 1.54) is 76.7 Å². The van der Waals surface area contributed by atoms with Gasteiger partial charge in [-0.2, -0.15) is 0 Å². The zero-order valence-electron chi connectivity index (χ0n) is 58.9. The van der Waals surface area contributed by atoms with Crippen LogP contribution in [0.4, 0.5) is 26.7 Å². The molecule has 30 nitrogen and oxygen atoms in total. The van der Waals surface area contributed by atoms with E-state index >= 15 is 4.79 Å². The molecule has 5 heterocycles. The van der Waals surface area contributed by atoms with E-state index in [1.807, 2.05) is 0 Å². The summed E-state index contributed by atoms with van der Waals surface area (Å²) >= 11 is 0. The molecule has 552 valence electrons. The molecule has 0 aliphatic carbocycles. The maximum Gasteiger partial charge on any atom is 0.509 e. The number of nitrogens with zero attached hydrogens (tertiary/aromatic N) is 3. The Kier molecular flexibility index (Phi) is 24.4. The Labute approximate surface area is 591 Å². The number of imide groups is 1. The third-order valence-corrected chi connectivity index (χ3v) is 19.3. The highest BCUT2D eigenvalue weighted by Gasteiger charge is 2.44. The molecule has 12 N–H and O–H groups in total. The number of primary amides is 1. The number of aromatic hydroxyl groups is 1. The minimum Gasteiger partial charge on any atom is -0.507 e. The first kappa shape index (κ1) is 76.7. The number of aliphatic hydroxyl groups excluding tert-OH is 4. The summed E-state index contributed by atoms with van der Waals surface area (Å²) in [4.78, 5) is 140. The number of hydrogen-bond donors (Lipinski definition) is 11. The quantitative estimate of drug-likeness (QED) is 0.0151. The first-order chi connectivity index (χ1) is 48.8. The number of urea groups is 1. The highest BCUT2D eigenvalue weighted by molar-refractivity contribution is 6.17. The SMILES string of the molecule is CO[C@H]1/C=C/O[C@@]2(C)Oc3c(C)c(O)c4c(=O)c(c5oc6cc(N7CC(OC(=O)OCc8ccc(NC(=O)[C@H](CCCNC(N)=O)NC(=O)[C@@H](NC(=O)CCCCCN9C(=O)C=CC9=O)C(C)C)cc8)C7)cc(=O)c6nc5c4c3=C2O)NC(=O)/C(C)=C\C=C\[C@H](C)[C@H](O)[C@@H](C)[C@@H](O)[C@@H](C)[C@H](O)[C@@H]1C. The lowest BCUT2D eigenvalue weighted by atomic mass is 9.78. The predicted molar refractivity (Wildman–Crippen MR) is 378 cm³/mol. The van der Waals surface area contributed by atoms with Crippen LogP contribution < -0.4 is 58.0 Å². The van der Waals surface area contributed by atoms with Gasteiger partial charge in [0.2, 0.25) is 28.6 Å². The molecule has 4 aromatic carbocycles. The van der Waals surface area contributed by atoms with Gasteiger partial charge in [-0.1, -0.05) is 78.3 Å². The number of amides is 8. The van der Waals surface area contributed by atoms with Crippen LogP contribution in [0, 0.1) is 36.5 Å². The first-order valence-corrected chi connectivity index (χ1v) is 34.1. The zero-order chi connectivity index (χ0) is 75.0. The van der Waals surface area contributed by atoms with Gasteiger partial charge in [-0.25, -0.2) is 14.6 Å². The summed E-state index contributed by atoms with van der Waals surface area (Å²) < 4.78 is 35.6. The first-order valence-electron chi connectivity index (χ1n) is 34.1. The van der Waals surface area contributed by atoms with Gasteiger partial charge in [-0.3, -0.25) is 43.3 Å². The number of rotatable bonds is 21. The van der Waals surface area contributed by atoms with Crippen molar-refractivity contribution in [3.05, 3.63) is 121 Å². The summed E-state index contributed by atoms with van der Waals surface area (Å²) in [7, 11) is 1.41. The molecule has 0 radical (unpaired) electrons. The van der Waals surface area contributed by atoms with E-state index in [0.717, 1.165) is 4.90 Å². The second-order valence-electron chi connectivity index (χ2n) is 27.1. The van der Waals surface area contributed by atoms with Gasteiger partial charge in [0, 0.05) is 109 Å². The van der Waals surface area contributed by atoms with Crippen LogP contribution in [0.1, 0.15) is 105 Å². The number of fused-ring (bicyclic) bond motifs is 2. The fourth-order valence-corrected chi connectivity index (χ4v) is 12.8. The van der Waals surface area contributed by atoms with Crippen molar-refractivity contribution in [1.82, 2.24) is 25.8 Å². The van der Waals surface area contributed by atoms with Crippen LogP contribution in [0.2, 0.25) is 0 Å². The van der Waals surface area contributed by atoms with E-state index in [1.54, 1.807) is 76.8 Å². The van der Waals surface area contributed by atoms with Crippen LogP contribution >= 0.6 is 0 Å². The Morgan fingerprint density at radius 1 is 0.835 bits per heavy atom. The molecule has 103 heavy (non-hydrogen) atoms. The lowest BCUT2D eigenvalue weighted by Gasteiger charge is -2.39. The maximum absolute atomic E-state index is 15.0. The number of phenols is 1. The molecular formula is C73H89N9O21. The molecule has 1 fully saturated rings. The number of phenolic OH excluding ortho intramolecular Hbond substituents is 1. The second-order valence-corrected chi connectivity index (χ2v) is 27.1. The largest absolute Gasteiger partial charge is 0.509 e. The average molecular weight is 1430 g/mol. The van der Waals surface area contributed by atoms with Crippen molar-refractivity contribution in [2.45, 2.75) is 156 Å². The molecule has 4 bridgehead atoms. The lowest BCUT2D eigenvalue weighted by Crippen LogP contribution is -2.54. The smallest absolute Gasteiger partial charge is 0.507 e. The van der Waals surface area contributed by atoms with Crippen molar-refractivity contribution in [1.29, 1.82) is 0 Å². The molecule has 4 aliphatic heterocycles. The molecule has 1 aromatic heterocycles. The van der Waals surface area contributed by atoms with Gasteiger partial charge < -0.3 is 90.9 Å². The summed E-state index contributed by atoms with van der Waals surface area (Å²) in [5.74, 6) is -9.71. The van der Waals surface area contributed by atoms with Crippen molar-refractivity contribution in [3.8, 4) is 11.5 Å². The van der Waals surface area contributed by atoms with Gasteiger partial charge in [-0.05, 0) is 69.2 Å². The van der Waals surface area contributed by atoms with Gasteiger partial charge in [0.25, 0.3) is 17.7 Å². The van der Waals surface area contributed by atoms with Crippen LogP contribution in [0.5, 0.6) is 11.5 Å². The summed E-state index contributed by atoms with van der Waals surface area (Å²) in [5.41, 5.74) is 3.24. The number of ether oxygens (including phenoxy) is 5. The Hall–Kier alpha value is -10.4.